The Hall–Kier alpha value is -1.40. The summed E-state index contributed by atoms with van der Waals surface area (Å²) in [6.07, 6.45) is 1.84. The Morgan fingerprint density at radius 3 is 1.53 bits per heavy atom. The van der Waals surface area contributed by atoms with Crippen LogP contribution in [0.25, 0.3) is 0 Å². The Kier molecular flexibility index (Phi) is 70.5. The van der Waals surface area contributed by atoms with Gasteiger partial charge in [-0.3, -0.25) is 0 Å². The fourth-order valence-electron chi connectivity index (χ4n) is 0.594. The molecular weight excluding hydrogens is 296 g/mol. The van der Waals surface area contributed by atoms with Crippen molar-refractivity contribution < 1.29 is 48.6 Å². The molecule has 1 aliphatic rings. The predicted octanol–water partition coefficient (Wildman–Crippen LogP) is 0.426. The summed E-state index contributed by atoms with van der Waals surface area (Å²) >= 11 is 2.79. The van der Waals surface area contributed by atoms with E-state index in [-0.39, 0.29) is 0 Å². The summed E-state index contributed by atoms with van der Waals surface area (Å²) in [6, 6.07) is 0. The van der Waals surface area contributed by atoms with E-state index in [0.717, 1.165) is 10.3 Å². The van der Waals surface area contributed by atoms with Crippen molar-refractivity contribution in [2.24, 2.45) is 0 Å². The molecule has 19 heavy (non-hydrogen) atoms. The average Bonchev–Trinajstić information content (AvgIpc) is 2.72. The number of hydrogen-bond donors (Lipinski definition) is 0. The Morgan fingerprint density at radius 2 is 1.16 bits per heavy atom. The summed E-state index contributed by atoms with van der Waals surface area (Å²) in [5.74, 6) is 0.904. The van der Waals surface area contributed by atoms with E-state index in [1.165, 1.54) is 0 Å². The van der Waals surface area contributed by atoms with Crippen LogP contribution in [0.1, 0.15) is 6.92 Å². The van der Waals surface area contributed by atoms with Crippen molar-refractivity contribution in [3.05, 3.63) is 45.1 Å². The van der Waals surface area contributed by atoms with Crippen LogP contribution in [0, 0.1) is 33.3 Å². The van der Waals surface area contributed by atoms with Gasteiger partial charge >= 0.3 is 118 Å². The van der Waals surface area contributed by atoms with Gasteiger partial charge in [0.1, 0.15) is 0 Å². The molecule has 0 aromatic rings. The minimum absolute atomic E-state index is 0.635. The molecule has 1 aliphatic heterocycles. The third kappa shape index (κ3) is 38.4. The zero-order valence-electron chi connectivity index (χ0n) is 9.76. The van der Waals surface area contributed by atoms with Gasteiger partial charge in [-0.05, 0) is 0 Å². The molecule has 0 bridgehead atoms. The molecule has 0 saturated heterocycles. The first-order valence-corrected chi connectivity index (χ1v) is 4.43. The molecule has 0 amide bonds. The molecule has 0 spiro atoms. The topological polar surface area (TPSA) is 118 Å². The second kappa shape index (κ2) is 43.8. The van der Waals surface area contributed by atoms with Gasteiger partial charge in [0.25, 0.3) is 0 Å². The van der Waals surface area contributed by atoms with E-state index in [1.54, 1.807) is 0 Å². The maximum absolute atomic E-state index is 7.50. The van der Waals surface area contributed by atoms with Crippen molar-refractivity contribution in [2.45, 2.75) is 6.92 Å². The zero-order valence-corrected chi connectivity index (χ0v) is 11.0. The van der Waals surface area contributed by atoms with E-state index in [4.69, 9.17) is 32.7 Å². The van der Waals surface area contributed by atoms with Crippen molar-refractivity contribution in [2.75, 3.05) is 13.2 Å². The molecule has 0 atom stereocenters. The first kappa shape index (κ1) is 30.5. The van der Waals surface area contributed by atoms with Crippen LogP contribution >= 0.6 is 0 Å². The van der Waals surface area contributed by atoms with Gasteiger partial charge in [0.05, 0.1) is 0 Å². The molecule has 0 aromatic heterocycles. The molecule has 0 N–H and O–H groups in total. The molecule has 0 aliphatic carbocycles. The fraction of sp³-hybridized carbons (Fsp3) is 0.273. The summed E-state index contributed by atoms with van der Waals surface area (Å²) in [7, 11) is 0. The van der Waals surface area contributed by atoms with Crippen molar-refractivity contribution in [3.63, 3.8) is 0 Å². The molecule has 0 aromatic carbocycles. The number of allylic oxidation sites excluding steroid dienone is 1. The molecule has 1 heterocycles. The number of hydrogen-bond acceptors (Lipinski definition) is 2. The normalized spacial score (nSPS) is 10.1. The zero-order chi connectivity index (χ0) is 16.7. The van der Waals surface area contributed by atoms with E-state index in [2.05, 4.69) is 49.1 Å². The first-order valence-electron chi connectivity index (χ1n) is 3.79. The molecule has 7 nitrogen and oxygen atoms in total. The van der Waals surface area contributed by atoms with E-state index in [9.17, 15) is 0 Å². The second-order valence-electron chi connectivity index (χ2n) is 1.77. The summed E-state index contributed by atoms with van der Waals surface area (Å²) in [6.45, 7) is 25.7. The van der Waals surface area contributed by atoms with Gasteiger partial charge in [-0.1, -0.05) is 0 Å². The summed E-state index contributed by atoms with van der Waals surface area (Å²) in [5.41, 5.74) is 0. The number of rotatable bonds is 0. The van der Waals surface area contributed by atoms with Gasteiger partial charge in [-0.25, -0.2) is 0 Å². The Morgan fingerprint density at radius 1 is 0.842 bits per heavy atom. The van der Waals surface area contributed by atoms with Crippen LogP contribution in [0.3, 0.4) is 0 Å². The van der Waals surface area contributed by atoms with Gasteiger partial charge in [0.2, 0.25) is 0 Å². The second-order valence-corrected chi connectivity index (χ2v) is 2.40. The van der Waals surface area contributed by atoms with E-state index >= 15 is 0 Å². The van der Waals surface area contributed by atoms with Crippen LogP contribution in [-0.2, 0) is 48.6 Å². The summed E-state index contributed by atoms with van der Waals surface area (Å²) in [5, 5.41) is 0. The van der Waals surface area contributed by atoms with Crippen LogP contribution in [0.4, 0.5) is 0 Å². The van der Waals surface area contributed by atoms with Crippen molar-refractivity contribution >= 4 is 4.57 Å². The third-order valence-corrected chi connectivity index (χ3v) is 1.35. The molecule has 0 saturated carbocycles. The van der Waals surface area contributed by atoms with Crippen LogP contribution in [-0.4, -0.2) is 17.8 Å². The van der Waals surface area contributed by atoms with Crippen molar-refractivity contribution in [3.8, 4) is 0 Å². The van der Waals surface area contributed by atoms with E-state index in [1.807, 2.05) is 13.0 Å². The standard InChI is InChI=1S/C6H8O2.5CO.Cr/c1-6-2-3-7-4-5-8-6;5*1-2;/h2H,4-5H2,1H3;;;;;;. The Labute approximate surface area is 119 Å². The van der Waals surface area contributed by atoms with Gasteiger partial charge in [0.15, 0.2) is 0 Å². The van der Waals surface area contributed by atoms with Crippen molar-refractivity contribution in [1.29, 1.82) is 0 Å². The van der Waals surface area contributed by atoms with Crippen LogP contribution in [0.2, 0.25) is 0 Å². The third-order valence-electron chi connectivity index (χ3n) is 0.979. The van der Waals surface area contributed by atoms with Gasteiger partial charge in [-0.15, -0.1) is 0 Å². The SMILES string of the molecule is CC1=C[C](=[Cr])OCCO1.[C-]#[O+].[C-]#[O+].[C-]#[O+].[C-]#[O+].[C-]#[O+]. The van der Waals surface area contributed by atoms with E-state index in [0.29, 0.717) is 13.2 Å². The molecule has 8 heteroatoms. The summed E-state index contributed by atoms with van der Waals surface area (Å²) in [4.78, 5) is 0. The van der Waals surface area contributed by atoms with Crippen LogP contribution in [0.5, 0.6) is 0 Å². The fourth-order valence-corrected chi connectivity index (χ4v) is 0.984. The molecule has 0 unspecified atom stereocenters. The predicted molar refractivity (Wildman–Crippen MR) is 50.3 cm³/mol. The minimum atomic E-state index is 0.635. The van der Waals surface area contributed by atoms with E-state index < -0.39 is 0 Å². The molecule has 100 valence electrons. The average molecular weight is 304 g/mol. The Bertz CT molecular complexity index is 287. The molecule has 0 radical (unpaired) electrons. The van der Waals surface area contributed by atoms with Gasteiger partial charge < -0.3 is 0 Å². The van der Waals surface area contributed by atoms with Crippen molar-refractivity contribution in [1.82, 2.24) is 0 Å². The molecular formula is C11H8CrO7. The Balaban J connectivity index is -0.0000000557. The maximum atomic E-state index is 7.50. The molecule has 1 rings (SSSR count). The monoisotopic (exact) mass is 304 g/mol. The summed E-state index contributed by atoms with van der Waals surface area (Å²) < 4.78 is 48.6. The number of ether oxygens (including phenoxy) is 2. The molecule has 0 fully saturated rings. The van der Waals surface area contributed by atoms with Crippen LogP contribution in [0.15, 0.2) is 11.8 Å². The van der Waals surface area contributed by atoms with Gasteiger partial charge in [0, 0.05) is 0 Å². The van der Waals surface area contributed by atoms with Gasteiger partial charge in [-0.2, -0.15) is 0 Å². The van der Waals surface area contributed by atoms with Crippen LogP contribution < -0.4 is 0 Å². The first-order chi connectivity index (χ1) is 9.29. The quantitative estimate of drug-likeness (QED) is 0.476.